The van der Waals surface area contributed by atoms with Crippen LogP contribution in [0.4, 0.5) is 0 Å². The minimum atomic E-state index is -2.68. The van der Waals surface area contributed by atoms with Gasteiger partial charge in [-0.25, -0.2) is 0 Å². The Bertz CT molecular complexity index is 125. The highest BCUT2D eigenvalue weighted by atomic mass is 35.8. The second-order valence-corrected chi connectivity index (χ2v) is 11.1. The molecule has 6 heteroatoms. The first kappa shape index (κ1) is 9.87. The van der Waals surface area contributed by atoms with E-state index in [1.807, 2.05) is 0 Å². The lowest BCUT2D eigenvalue weighted by atomic mass is 10.5. The molecule has 1 unspecified atom stereocenters. The van der Waals surface area contributed by atoms with Gasteiger partial charge in [0.1, 0.15) is 5.38 Å². The summed E-state index contributed by atoms with van der Waals surface area (Å²) in [5, 5.41) is 7.50. The predicted molar refractivity (Wildman–Crippen MR) is 43.4 cm³/mol. The molecule has 0 aliphatic rings. The van der Waals surface area contributed by atoms with E-state index in [1.54, 1.807) is 6.07 Å². The monoisotopic (exact) mass is 221 g/mol. The lowest BCUT2D eigenvalue weighted by Crippen LogP contribution is -2.14. The van der Waals surface area contributed by atoms with Crippen molar-refractivity contribution in [3.05, 3.63) is 0 Å². The summed E-state index contributed by atoms with van der Waals surface area (Å²) >= 11 is 21.7. The minimum Gasteiger partial charge on any atom is -0.197 e. The van der Waals surface area contributed by atoms with Crippen LogP contribution >= 0.6 is 44.8 Å². The van der Waals surface area contributed by atoms with Crippen LogP contribution in [0.15, 0.2) is 0 Å². The van der Waals surface area contributed by atoms with Crippen molar-refractivity contribution in [3.8, 4) is 6.07 Å². The van der Waals surface area contributed by atoms with E-state index in [4.69, 9.17) is 50.1 Å². The van der Waals surface area contributed by atoms with Crippen LogP contribution in [0.5, 0.6) is 0 Å². The molecule has 0 amide bonds. The van der Waals surface area contributed by atoms with Gasteiger partial charge in [0.05, 0.1) is 6.07 Å². The molecule has 9 heavy (non-hydrogen) atoms. The maximum Gasteiger partial charge on any atom is 0.343 e. The highest BCUT2D eigenvalue weighted by Gasteiger charge is 2.28. The molecule has 0 aliphatic heterocycles. The van der Waals surface area contributed by atoms with Gasteiger partial charge in [0.15, 0.2) is 0 Å². The highest BCUT2D eigenvalue weighted by molar-refractivity contribution is 7.64. The quantitative estimate of drug-likeness (QED) is 0.401. The first-order valence-corrected chi connectivity index (χ1v) is 7.74. The van der Waals surface area contributed by atoms with Gasteiger partial charge in [-0.1, -0.05) is 0 Å². The van der Waals surface area contributed by atoms with Gasteiger partial charge in [-0.15, -0.1) is 44.8 Å². The zero-order chi connectivity index (χ0) is 7.49. The van der Waals surface area contributed by atoms with E-state index in [9.17, 15) is 0 Å². The molecule has 0 fully saturated rings. The summed E-state index contributed by atoms with van der Waals surface area (Å²) in [5.74, 6) is 0. The number of rotatable bonds is 2. The fourth-order valence-corrected chi connectivity index (χ4v) is 3.54. The molecule has 0 heterocycles. The lowest BCUT2D eigenvalue weighted by Gasteiger charge is -2.05. The topological polar surface area (TPSA) is 23.8 Å². The van der Waals surface area contributed by atoms with Crippen molar-refractivity contribution >= 4 is 50.8 Å². The van der Waals surface area contributed by atoms with Gasteiger partial charge in [-0.05, 0) is 0 Å². The number of hydrogen-bond donors (Lipinski definition) is 0. The van der Waals surface area contributed by atoms with Gasteiger partial charge in [0, 0.05) is 6.04 Å². The standard InChI is InChI=1S/C3H3Cl4NSi/c4-3(1-8)2-9(5,6)7/h3H,2H2. The van der Waals surface area contributed by atoms with Crippen LogP contribution in [0.3, 0.4) is 0 Å². The van der Waals surface area contributed by atoms with E-state index in [0.717, 1.165) is 0 Å². The fourth-order valence-electron chi connectivity index (χ4n) is 0.249. The van der Waals surface area contributed by atoms with E-state index in [0.29, 0.717) is 0 Å². The number of halogens is 4. The SMILES string of the molecule is N#CC(Cl)C[Si](Cl)(Cl)Cl. The van der Waals surface area contributed by atoms with Crippen LogP contribution < -0.4 is 0 Å². The van der Waals surface area contributed by atoms with Crippen molar-refractivity contribution in [2.75, 3.05) is 0 Å². The van der Waals surface area contributed by atoms with Gasteiger partial charge in [0.25, 0.3) is 0 Å². The summed E-state index contributed by atoms with van der Waals surface area (Å²) in [7, 11) is 0. The van der Waals surface area contributed by atoms with Crippen molar-refractivity contribution in [1.29, 1.82) is 5.26 Å². The molecule has 0 aliphatic carbocycles. The molecule has 0 aromatic carbocycles. The smallest absolute Gasteiger partial charge is 0.197 e. The van der Waals surface area contributed by atoms with Crippen LogP contribution in [0.25, 0.3) is 0 Å². The fraction of sp³-hybridized carbons (Fsp3) is 0.667. The summed E-state index contributed by atoms with van der Waals surface area (Å²) in [5.41, 5.74) is 0. The molecule has 0 aromatic rings. The molecular formula is C3H3Cl4NSi. The third kappa shape index (κ3) is 6.76. The minimum absolute atomic E-state index is 0.190. The van der Waals surface area contributed by atoms with Gasteiger partial charge < -0.3 is 0 Å². The predicted octanol–water partition coefficient (Wildman–Crippen LogP) is 2.77. The summed E-state index contributed by atoms with van der Waals surface area (Å²) in [6.07, 6.45) is 0. The Kier molecular flexibility index (Phi) is 4.27. The first-order valence-electron chi connectivity index (χ1n) is 2.06. The molecule has 0 aromatic heterocycles. The van der Waals surface area contributed by atoms with Crippen molar-refractivity contribution < 1.29 is 0 Å². The molecule has 0 saturated heterocycles. The summed E-state index contributed by atoms with van der Waals surface area (Å²) in [4.78, 5) is 0. The largest absolute Gasteiger partial charge is 0.343 e. The zero-order valence-corrected chi connectivity index (χ0v) is 8.27. The van der Waals surface area contributed by atoms with E-state index in [1.165, 1.54) is 0 Å². The molecule has 1 nitrogen and oxygen atoms in total. The van der Waals surface area contributed by atoms with Crippen molar-refractivity contribution in [3.63, 3.8) is 0 Å². The molecule has 0 saturated carbocycles. The Hall–Kier alpha value is 0.867. The molecule has 0 spiro atoms. The van der Waals surface area contributed by atoms with Crippen LogP contribution in [0.1, 0.15) is 0 Å². The van der Waals surface area contributed by atoms with E-state index >= 15 is 0 Å². The molecule has 0 bridgehead atoms. The summed E-state index contributed by atoms with van der Waals surface area (Å²) < 4.78 is 0. The Morgan fingerprint density at radius 2 is 1.89 bits per heavy atom. The van der Waals surface area contributed by atoms with E-state index in [-0.39, 0.29) is 6.04 Å². The first-order chi connectivity index (χ1) is 3.95. The molecular weight excluding hydrogens is 220 g/mol. The highest BCUT2D eigenvalue weighted by Crippen LogP contribution is 2.27. The number of alkyl halides is 1. The second-order valence-electron chi connectivity index (χ2n) is 1.42. The average molecular weight is 223 g/mol. The number of hydrogen-bond acceptors (Lipinski definition) is 1. The maximum atomic E-state index is 8.16. The van der Waals surface area contributed by atoms with Crippen LogP contribution in [-0.4, -0.2) is 11.4 Å². The molecule has 0 rings (SSSR count). The Balaban J connectivity index is 3.63. The van der Waals surface area contributed by atoms with Crippen LogP contribution in [0, 0.1) is 11.3 Å². The molecule has 1 atom stereocenters. The Morgan fingerprint density at radius 3 is 2.00 bits per heavy atom. The normalized spacial score (nSPS) is 14.6. The lowest BCUT2D eigenvalue weighted by molar-refractivity contribution is 1.21. The molecule has 0 radical (unpaired) electrons. The van der Waals surface area contributed by atoms with Crippen molar-refractivity contribution in [1.82, 2.24) is 0 Å². The van der Waals surface area contributed by atoms with Gasteiger partial charge >= 0.3 is 6.00 Å². The molecule has 52 valence electrons. The van der Waals surface area contributed by atoms with Crippen molar-refractivity contribution in [2.24, 2.45) is 0 Å². The number of nitriles is 1. The zero-order valence-electron chi connectivity index (χ0n) is 4.24. The van der Waals surface area contributed by atoms with Crippen molar-refractivity contribution in [2.45, 2.75) is 11.4 Å². The van der Waals surface area contributed by atoms with Gasteiger partial charge in [-0.3, -0.25) is 0 Å². The second kappa shape index (κ2) is 3.90. The Labute approximate surface area is 73.6 Å². The third-order valence-corrected chi connectivity index (χ3v) is 3.32. The van der Waals surface area contributed by atoms with Gasteiger partial charge in [-0.2, -0.15) is 5.26 Å². The van der Waals surface area contributed by atoms with Crippen LogP contribution in [0.2, 0.25) is 6.04 Å². The van der Waals surface area contributed by atoms with Gasteiger partial charge in [0.2, 0.25) is 0 Å². The van der Waals surface area contributed by atoms with Crippen LogP contribution in [-0.2, 0) is 0 Å². The Morgan fingerprint density at radius 1 is 1.44 bits per heavy atom. The average Bonchev–Trinajstić information content (AvgIpc) is 1.62. The van der Waals surface area contributed by atoms with E-state index < -0.39 is 11.4 Å². The summed E-state index contributed by atoms with van der Waals surface area (Å²) in [6, 6.07) is -0.721. The van der Waals surface area contributed by atoms with E-state index in [2.05, 4.69) is 0 Å². The summed E-state index contributed by atoms with van der Waals surface area (Å²) in [6.45, 7) is 0. The number of nitrogens with zero attached hydrogens (tertiary/aromatic N) is 1. The maximum absolute atomic E-state index is 8.16. The third-order valence-electron chi connectivity index (χ3n) is 0.551. The molecule has 0 N–H and O–H groups in total.